The molecule has 0 bridgehead atoms. The van der Waals surface area contributed by atoms with Crippen LogP contribution in [0.1, 0.15) is 31.2 Å². The molecule has 1 unspecified atom stereocenters. The van der Waals surface area contributed by atoms with E-state index in [0.29, 0.717) is 32.2 Å². The Morgan fingerprint density at radius 3 is 2.79 bits per heavy atom. The number of carbonyl (C=O) groups excluding carboxylic acids is 1. The number of carbonyl (C=O) groups is 1. The van der Waals surface area contributed by atoms with E-state index in [1.54, 1.807) is 7.11 Å². The van der Waals surface area contributed by atoms with Crippen LogP contribution in [-0.2, 0) is 11.3 Å². The van der Waals surface area contributed by atoms with Crippen LogP contribution in [0.3, 0.4) is 0 Å². The van der Waals surface area contributed by atoms with Crippen LogP contribution in [0.25, 0.3) is 11.1 Å². The third kappa shape index (κ3) is 5.11. The van der Waals surface area contributed by atoms with E-state index >= 15 is 0 Å². The van der Waals surface area contributed by atoms with Crippen LogP contribution < -0.4 is 14.2 Å². The summed E-state index contributed by atoms with van der Waals surface area (Å²) in [5.74, 6) is 3.35. The van der Waals surface area contributed by atoms with Crippen LogP contribution in [0, 0.1) is 11.8 Å². The van der Waals surface area contributed by atoms with Gasteiger partial charge in [-0.05, 0) is 74.7 Å². The molecule has 0 aromatic heterocycles. The Morgan fingerprint density at radius 1 is 1.12 bits per heavy atom. The summed E-state index contributed by atoms with van der Waals surface area (Å²) in [6, 6.07) is 12.3. The van der Waals surface area contributed by atoms with Gasteiger partial charge in [-0.2, -0.15) is 0 Å². The van der Waals surface area contributed by atoms with Crippen LogP contribution in [-0.4, -0.2) is 62.7 Å². The van der Waals surface area contributed by atoms with Crippen molar-refractivity contribution < 1.29 is 19.0 Å². The SMILES string of the molecule is COc1cccc(-c2cc3c(c(OCC4CCCN(C)C4)c2)OCCN(C(=O)C2CC2)C3)c1. The molecule has 176 valence electrons. The third-order valence-corrected chi connectivity index (χ3v) is 6.94. The van der Waals surface area contributed by atoms with Gasteiger partial charge in [0.25, 0.3) is 0 Å². The fourth-order valence-corrected chi connectivity index (χ4v) is 4.95. The van der Waals surface area contributed by atoms with Gasteiger partial charge >= 0.3 is 0 Å². The van der Waals surface area contributed by atoms with Crippen molar-refractivity contribution in [2.24, 2.45) is 11.8 Å². The number of amides is 1. The number of hydrogen-bond acceptors (Lipinski definition) is 5. The lowest BCUT2D eigenvalue weighted by atomic mass is 9.99. The molecule has 6 heteroatoms. The molecule has 0 radical (unpaired) electrons. The Morgan fingerprint density at radius 2 is 2.00 bits per heavy atom. The lowest BCUT2D eigenvalue weighted by Crippen LogP contribution is -2.34. The quantitative estimate of drug-likeness (QED) is 0.660. The van der Waals surface area contributed by atoms with Crippen LogP contribution in [0.15, 0.2) is 36.4 Å². The van der Waals surface area contributed by atoms with Crippen molar-refractivity contribution in [2.45, 2.75) is 32.2 Å². The Kier molecular flexibility index (Phi) is 6.45. The van der Waals surface area contributed by atoms with E-state index in [2.05, 4.69) is 30.1 Å². The van der Waals surface area contributed by atoms with Gasteiger partial charge in [-0.1, -0.05) is 12.1 Å². The first-order valence-electron chi connectivity index (χ1n) is 12.1. The maximum Gasteiger partial charge on any atom is 0.226 e. The van der Waals surface area contributed by atoms with Crippen molar-refractivity contribution in [1.82, 2.24) is 9.80 Å². The Labute approximate surface area is 196 Å². The van der Waals surface area contributed by atoms with Gasteiger partial charge in [0.05, 0.1) is 20.3 Å². The topological polar surface area (TPSA) is 51.2 Å². The lowest BCUT2D eigenvalue weighted by molar-refractivity contribution is -0.133. The largest absolute Gasteiger partial charge is 0.497 e. The highest BCUT2D eigenvalue weighted by atomic mass is 16.5. The average Bonchev–Trinajstić information content (AvgIpc) is 3.69. The Balaban J connectivity index is 1.46. The van der Waals surface area contributed by atoms with Crippen molar-refractivity contribution in [2.75, 3.05) is 47.0 Å². The van der Waals surface area contributed by atoms with E-state index in [0.717, 1.165) is 59.9 Å². The molecular formula is C27H34N2O4. The van der Waals surface area contributed by atoms with E-state index in [1.807, 2.05) is 23.1 Å². The lowest BCUT2D eigenvalue weighted by Gasteiger charge is -2.29. The third-order valence-electron chi connectivity index (χ3n) is 6.94. The maximum absolute atomic E-state index is 12.8. The highest BCUT2D eigenvalue weighted by Crippen LogP contribution is 2.40. The summed E-state index contributed by atoms with van der Waals surface area (Å²) in [5.41, 5.74) is 3.12. The number of methoxy groups -OCH3 is 1. The first kappa shape index (κ1) is 22.1. The summed E-state index contributed by atoms with van der Waals surface area (Å²) >= 11 is 0. The fraction of sp³-hybridized carbons (Fsp3) is 0.519. The molecule has 1 aliphatic carbocycles. The fourth-order valence-electron chi connectivity index (χ4n) is 4.95. The number of piperidine rings is 1. The molecule has 2 aliphatic heterocycles. The van der Waals surface area contributed by atoms with E-state index in [-0.39, 0.29) is 11.8 Å². The zero-order chi connectivity index (χ0) is 22.8. The van der Waals surface area contributed by atoms with Crippen LogP contribution in [0.5, 0.6) is 17.2 Å². The molecule has 33 heavy (non-hydrogen) atoms. The molecule has 2 aromatic carbocycles. The maximum atomic E-state index is 12.8. The molecule has 5 rings (SSSR count). The minimum atomic E-state index is 0.201. The predicted molar refractivity (Wildman–Crippen MR) is 128 cm³/mol. The van der Waals surface area contributed by atoms with Gasteiger partial charge in [-0.15, -0.1) is 0 Å². The van der Waals surface area contributed by atoms with Crippen molar-refractivity contribution in [3.8, 4) is 28.4 Å². The molecule has 6 nitrogen and oxygen atoms in total. The van der Waals surface area contributed by atoms with Gasteiger partial charge < -0.3 is 24.0 Å². The van der Waals surface area contributed by atoms with Crippen LogP contribution in [0.2, 0.25) is 0 Å². The zero-order valence-electron chi connectivity index (χ0n) is 19.7. The molecule has 2 aromatic rings. The van der Waals surface area contributed by atoms with Gasteiger partial charge in [0.2, 0.25) is 5.91 Å². The highest BCUT2D eigenvalue weighted by molar-refractivity contribution is 5.81. The molecule has 1 saturated carbocycles. The molecule has 0 N–H and O–H groups in total. The second-order valence-electron chi connectivity index (χ2n) is 9.66. The first-order chi connectivity index (χ1) is 16.1. The van der Waals surface area contributed by atoms with Crippen LogP contribution >= 0.6 is 0 Å². The monoisotopic (exact) mass is 450 g/mol. The summed E-state index contributed by atoms with van der Waals surface area (Å²) in [4.78, 5) is 17.2. The minimum absolute atomic E-state index is 0.201. The number of rotatable bonds is 6. The van der Waals surface area contributed by atoms with E-state index in [1.165, 1.54) is 12.8 Å². The molecular weight excluding hydrogens is 416 g/mol. The summed E-state index contributed by atoms with van der Waals surface area (Å²) < 4.78 is 18.1. The summed E-state index contributed by atoms with van der Waals surface area (Å²) in [7, 11) is 3.86. The molecule has 1 atom stereocenters. The number of benzene rings is 2. The molecule has 1 saturated heterocycles. The number of ether oxygens (including phenoxy) is 3. The molecule has 3 aliphatic rings. The molecule has 2 heterocycles. The van der Waals surface area contributed by atoms with Gasteiger partial charge in [0.15, 0.2) is 11.5 Å². The van der Waals surface area contributed by atoms with E-state index in [4.69, 9.17) is 14.2 Å². The van der Waals surface area contributed by atoms with Crippen molar-refractivity contribution in [3.05, 3.63) is 42.0 Å². The van der Waals surface area contributed by atoms with Gasteiger partial charge in [0.1, 0.15) is 12.4 Å². The van der Waals surface area contributed by atoms with Crippen molar-refractivity contribution in [3.63, 3.8) is 0 Å². The number of likely N-dealkylation sites (tertiary alicyclic amines) is 1. The second-order valence-corrected chi connectivity index (χ2v) is 9.66. The molecule has 1 amide bonds. The van der Waals surface area contributed by atoms with E-state index in [9.17, 15) is 4.79 Å². The first-order valence-corrected chi connectivity index (χ1v) is 12.1. The summed E-state index contributed by atoms with van der Waals surface area (Å²) in [5, 5.41) is 0. The van der Waals surface area contributed by atoms with Gasteiger partial charge in [0, 0.05) is 30.5 Å². The molecule has 0 spiro atoms. The standard InChI is InChI=1S/C27H34N2O4/c1-28-10-4-5-19(16-28)18-33-25-15-22(21-6-3-7-24(14-21)31-2)13-23-17-29(11-12-32-26(23)25)27(30)20-8-9-20/h3,6-7,13-15,19-20H,4-5,8-12,16-18H2,1-2H3. The van der Waals surface area contributed by atoms with Crippen molar-refractivity contribution >= 4 is 5.91 Å². The Hall–Kier alpha value is -2.73. The smallest absolute Gasteiger partial charge is 0.226 e. The van der Waals surface area contributed by atoms with Gasteiger partial charge in [-0.3, -0.25) is 4.79 Å². The number of nitrogens with zero attached hydrogens (tertiary/aromatic N) is 2. The van der Waals surface area contributed by atoms with Crippen LogP contribution in [0.4, 0.5) is 0 Å². The minimum Gasteiger partial charge on any atom is -0.497 e. The van der Waals surface area contributed by atoms with E-state index < -0.39 is 0 Å². The normalized spacial score (nSPS) is 21.0. The Bertz CT molecular complexity index is 1000. The number of fused-ring (bicyclic) bond motifs is 1. The summed E-state index contributed by atoms with van der Waals surface area (Å²) in [6.07, 6.45) is 4.42. The average molecular weight is 451 g/mol. The van der Waals surface area contributed by atoms with Gasteiger partial charge in [-0.25, -0.2) is 0 Å². The predicted octanol–water partition coefficient (Wildman–Crippen LogP) is 4.21. The van der Waals surface area contributed by atoms with Crippen molar-refractivity contribution in [1.29, 1.82) is 0 Å². The number of hydrogen-bond donors (Lipinski definition) is 0. The second kappa shape index (κ2) is 9.64. The highest BCUT2D eigenvalue weighted by Gasteiger charge is 2.35. The summed E-state index contributed by atoms with van der Waals surface area (Å²) in [6.45, 7) is 4.56. The zero-order valence-corrected chi connectivity index (χ0v) is 19.7. The molecule has 2 fully saturated rings.